The SMILES string of the molecule is Cc1ccc(S(=O)(=O)Oc2cc([N+](=O)[O-])ccc2C(=O)O)cc1. The zero-order valence-corrected chi connectivity index (χ0v) is 12.6. The lowest BCUT2D eigenvalue weighted by molar-refractivity contribution is -0.384. The second-order valence-electron chi connectivity index (χ2n) is 4.59. The summed E-state index contributed by atoms with van der Waals surface area (Å²) in [5.41, 5.74) is -0.152. The predicted molar refractivity (Wildman–Crippen MR) is 79.0 cm³/mol. The summed E-state index contributed by atoms with van der Waals surface area (Å²) in [5, 5.41) is 19.8. The van der Waals surface area contributed by atoms with Crippen LogP contribution in [0.15, 0.2) is 47.4 Å². The summed E-state index contributed by atoms with van der Waals surface area (Å²) in [7, 11) is -4.31. The number of carboxylic acid groups (broad SMARTS) is 1. The molecular formula is C14H11NO7S. The quantitative estimate of drug-likeness (QED) is 0.504. The number of non-ortho nitro benzene ring substituents is 1. The zero-order valence-electron chi connectivity index (χ0n) is 11.8. The maximum atomic E-state index is 12.2. The lowest BCUT2D eigenvalue weighted by Crippen LogP contribution is -2.12. The van der Waals surface area contributed by atoms with Gasteiger partial charge in [-0.05, 0) is 25.1 Å². The third kappa shape index (κ3) is 3.64. The van der Waals surface area contributed by atoms with Gasteiger partial charge in [-0.1, -0.05) is 17.7 Å². The zero-order chi connectivity index (χ0) is 17.2. The van der Waals surface area contributed by atoms with E-state index < -0.39 is 38.0 Å². The van der Waals surface area contributed by atoms with Crippen LogP contribution in [0.25, 0.3) is 0 Å². The first kappa shape index (κ1) is 16.4. The van der Waals surface area contributed by atoms with Gasteiger partial charge in [-0.2, -0.15) is 8.42 Å². The van der Waals surface area contributed by atoms with Gasteiger partial charge in [0.25, 0.3) is 5.69 Å². The molecule has 0 aromatic heterocycles. The third-order valence-corrected chi connectivity index (χ3v) is 4.16. The summed E-state index contributed by atoms with van der Waals surface area (Å²) in [6, 6.07) is 8.30. The molecule has 0 spiro atoms. The first-order valence-corrected chi connectivity index (χ1v) is 7.64. The first-order valence-electron chi connectivity index (χ1n) is 6.23. The van der Waals surface area contributed by atoms with Crippen LogP contribution in [-0.4, -0.2) is 24.4 Å². The van der Waals surface area contributed by atoms with E-state index in [0.717, 1.165) is 23.8 Å². The molecule has 2 aromatic rings. The number of hydrogen-bond donors (Lipinski definition) is 1. The van der Waals surface area contributed by atoms with Crippen molar-refractivity contribution in [3.8, 4) is 5.75 Å². The lowest BCUT2D eigenvalue weighted by Gasteiger charge is -2.09. The number of benzene rings is 2. The second kappa shape index (κ2) is 6.05. The third-order valence-electron chi connectivity index (χ3n) is 2.92. The Morgan fingerprint density at radius 1 is 1.17 bits per heavy atom. The molecule has 0 amide bonds. The summed E-state index contributed by atoms with van der Waals surface area (Å²) in [6.07, 6.45) is 0. The van der Waals surface area contributed by atoms with Crippen LogP contribution in [-0.2, 0) is 10.1 Å². The molecule has 0 unspecified atom stereocenters. The van der Waals surface area contributed by atoms with E-state index in [1.807, 2.05) is 0 Å². The number of aryl methyl sites for hydroxylation is 1. The maximum absolute atomic E-state index is 12.2. The molecule has 8 nitrogen and oxygen atoms in total. The van der Waals surface area contributed by atoms with Crippen LogP contribution in [0.1, 0.15) is 15.9 Å². The van der Waals surface area contributed by atoms with E-state index in [4.69, 9.17) is 9.29 Å². The van der Waals surface area contributed by atoms with Crippen LogP contribution >= 0.6 is 0 Å². The molecular weight excluding hydrogens is 326 g/mol. The molecule has 23 heavy (non-hydrogen) atoms. The molecule has 0 saturated heterocycles. The van der Waals surface area contributed by atoms with Crippen LogP contribution in [0.2, 0.25) is 0 Å². The number of nitro groups is 1. The minimum atomic E-state index is -4.31. The molecule has 0 aliphatic rings. The highest BCUT2D eigenvalue weighted by molar-refractivity contribution is 7.87. The molecule has 0 aliphatic carbocycles. The van der Waals surface area contributed by atoms with E-state index in [0.29, 0.717) is 0 Å². The number of aromatic carboxylic acids is 1. The van der Waals surface area contributed by atoms with Gasteiger partial charge in [-0.3, -0.25) is 10.1 Å². The molecule has 0 fully saturated rings. The van der Waals surface area contributed by atoms with Crippen molar-refractivity contribution in [2.75, 3.05) is 0 Å². The van der Waals surface area contributed by atoms with Gasteiger partial charge in [-0.25, -0.2) is 4.79 Å². The number of carboxylic acids is 1. The van der Waals surface area contributed by atoms with E-state index in [2.05, 4.69) is 0 Å². The fourth-order valence-corrected chi connectivity index (χ4v) is 2.68. The Hall–Kier alpha value is -2.94. The Morgan fingerprint density at radius 2 is 1.78 bits per heavy atom. The normalized spacial score (nSPS) is 11.0. The van der Waals surface area contributed by atoms with Gasteiger partial charge in [-0.15, -0.1) is 0 Å². The Morgan fingerprint density at radius 3 is 2.30 bits per heavy atom. The highest BCUT2D eigenvalue weighted by Crippen LogP contribution is 2.28. The molecule has 0 heterocycles. The summed E-state index contributed by atoms with van der Waals surface area (Å²) >= 11 is 0. The van der Waals surface area contributed by atoms with Crippen LogP contribution in [0.4, 0.5) is 5.69 Å². The highest BCUT2D eigenvalue weighted by Gasteiger charge is 2.23. The molecule has 120 valence electrons. The van der Waals surface area contributed by atoms with Gasteiger partial charge < -0.3 is 9.29 Å². The molecule has 0 atom stereocenters. The van der Waals surface area contributed by atoms with Crippen molar-refractivity contribution >= 4 is 21.8 Å². The van der Waals surface area contributed by atoms with Crippen molar-refractivity contribution in [1.82, 2.24) is 0 Å². The number of nitro benzene ring substituents is 1. The maximum Gasteiger partial charge on any atom is 0.339 e. The molecule has 2 rings (SSSR count). The summed E-state index contributed by atoms with van der Waals surface area (Å²) in [5.74, 6) is -2.08. The van der Waals surface area contributed by atoms with Crippen molar-refractivity contribution in [2.24, 2.45) is 0 Å². The molecule has 0 bridgehead atoms. The average molecular weight is 337 g/mol. The van der Waals surface area contributed by atoms with E-state index in [-0.39, 0.29) is 4.90 Å². The van der Waals surface area contributed by atoms with Crippen LogP contribution in [0, 0.1) is 17.0 Å². The minimum absolute atomic E-state index is 0.189. The van der Waals surface area contributed by atoms with Gasteiger partial charge in [0.15, 0.2) is 5.75 Å². The van der Waals surface area contributed by atoms with Crippen molar-refractivity contribution < 1.29 is 27.4 Å². The second-order valence-corrected chi connectivity index (χ2v) is 6.14. The molecule has 0 aliphatic heterocycles. The summed E-state index contributed by atoms with van der Waals surface area (Å²) < 4.78 is 29.2. The van der Waals surface area contributed by atoms with Gasteiger partial charge in [0.2, 0.25) is 0 Å². The minimum Gasteiger partial charge on any atom is -0.478 e. The van der Waals surface area contributed by atoms with Crippen LogP contribution < -0.4 is 4.18 Å². The molecule has 1 N–H and O–H groups in total. The van der Waals surface area contributed by atoms with Gasteiger partial charge in [0, 0.05) is 6.07 Å². The monoisotopic (exact) mass is 337 g/mol. The Bertz CT molecular complexity index is 872. The number of rotatable bonds is 5. The van der Waals surface area contributed by atoms with E-state index in [1.165, 1.54) is 12.1 Å². The van der Waals surface area contributed by atoms with Gasteiger partial charge in [0.05, 0.1) is 11.0 Å². The van der Waals surface area contributed by atoms with Crippen molar-refractivity contribution in [3.05, 3.63) is 63.7 Å². The average Bonchev–Trinajstić information content (AvgIpc) is 2.46. The number of carbonyl (C=O) groups is 1. The summed E-state index contributed by atoms with van der Waals surface area (Å²) in [4.78, 5) is 20.9. The molecule has 0 saturated carbocycles. The van der Waals surface area contributed by atoms with Gasteiger partial charge in [0.1, 0.15) is 10.5 Å². The van der Waals surface area contributed by atoms with E-state index >= 15 is 0 Å². The van der Waals surface area contributed by atoms with Crippen molar-refractivity contribution in [2.45, 2.75) is 11.8 Å². The number of nitrogens with zero attached hydrogens (tertiary/aromatic N) is 1. The van der Waals surface area contributed by atoms with E-state index in [1.54, 1.807) is 19.1 Å². The molecule has 9 heteroatoms. The molecule has 0 radical (unpaired) electrons. The first-order chi connectivity index (χ1) is 10.7. The number of hydrogen-bond acceptors (Lipinski definition) is 6. The Balaban J connectivity index is 2.48. The highest BCUT2D eigenvalue weighted by atomic mass is 32.2. The Kier molecular flexibility index (Phi) is 4.32. The predicted octanol–water partition coefficient (Wildman–Crippen LogP) is 2.37. The smallest absolute Gasteiger partial charge is 0.339 e. The van der Waals surface area contributed by atoms with Crippen molar-refractivity contribution in [3.63, 3.8) is 0 Å². The lowest BCUT2D eigenvalue weighted by atomic mass is 10.2. The fourth-order valence-electron chi connectivity index (χ4n) is 1.74. The molecule has 2 aromatic carbocycles. The summed E-state index contributed by atoms with van der Waals surface area (Å²) in [6.45, 7) is 1.76. The van der Waals surface area contributed by atoms with Crippen LogP contribution in [0.5, 0.6) is 5.75 Å². The largest absolute Gasteiger partial charge is 0.478 e. The Labute approximate surface area is 131 Å². The topological polar surface area (TPSA) is 124 Å². The van der Waals surface area contributed by atoms with Crippen molar-refractivity contribution in [1.29, 1.82) is 0 Å². The standard InChI is InChI=1S/C14H11NO7S/c1-9-2-5-11(6-3-9)23(20,21)22-13-8-10(15(18)19)4-7-12(13)14(16)17/h2-8H,1H3,(H,16,17). The van der Waals surface area contributed by atoms with Gasteiger partial charge >= 0.3 is 16.1 Å². The van der Waals surface area contributed by atoms with E-state index in [9.17, 15) is 23.3 Å². The fraction of sp³-hybridized carbons (Fsp3) is 0.0714. The van der Waals surface area contributed by atoms with Crippen LogP contribution in [0.3, 0.4) is 0 Å².